The van der Waals surface area contributed by atoms with Crippen LogP contribution in [0.15, 0.2) is 66.6 Å². The first kappa shape index (κ1) is 42.1. The first-order valence-electron chi connectivity index (χ1n) is 19.2. The van der Waals surface area contributed by atoms with Gasteiger partial charge in [-0.3, -0.25) is 9.78 Å². The molecule has 0 saturated heterocycles. The molecule has 0 amide bonds. The van der Waals surface area contributed by atoms with E-state index in [-0.39, 0.29) is 53.3 Å². The summed E-state index contributed by atoms with van der Waals surface area (Å²) in [6, 6.07) is 20.7. The first-order valence-corrected chi connectivity index (χ1v) is 19.2. The Kier molecular flexibility index (Phi) is 12.7. The molecular weight excluding hydrogens is 833 g/mol. The summed E-state index contributed by atoms with van der Waals surface area (Å²) < 4.78 is 6.75. The minimum atomic E-state index is -0.337. The van der Waals surface area contributed by atoms with E-state index in [0.29, 0.717) is 5.88 Å². The number of para-hydroxylation sites is 1. The van der Waals surface area contributed by atoms with Gasteiger partial charge in [0.05, 0.1) is 11.3 Å². The van der Waals surface area contributed by atoms with Crippen LogP contribution in [-0.4, -0.2) is 20.9 Å². The Morgan fingerprint density at radius 2 is 1.38 bits per heavy atom. The monoisotopic (exact) mass is 892 g/mol. The maximum absolute atomic E-state index is 12.2. The van der Waals surface area contributed by atoms with E-state index in [1.54, 1.807) is 0 Å². The molecule has 0 atom stereocenters. The number of ether oxygens (including phenoxy) is 1. The maximum Gasteiger partial charge on any atom is 0.214 e. The second-order valence-electron chi connectivity index (χ2n) is 17.7. The van der Waals surface area contributed by atoms with Gasteiger partial charge >= 0.3 is 0 Å². The van der Waals surface area contributed by atoms with Crippen molar-refractivity contribution >= 4 is 38.2 Å². The molecule has 0 unspecified atom stereocenters. The number of ketones is 1. The van der Waals surface area contributed by atoms with Gasteiger partial charge in [0.1, 0.15) is 5.76 Å². The molecule has 0 fully saturated rings. The van der Waals surface area contributed by atoms with E-state index in [0.717, 1.165) is 82.6 Å². The molecule has 1 aliphatic rings. The van der Waals surface area contributed by atoms with Gasteiger partial charge < -0.3 is 9.84 Å². The minimum absolute atomic E-state index is 0. The summed E-state index contributed by atoms with van der Waals surface area (Å²) in [5, 5.41) is 15.7. The number of aliphatic hydroxyl groups excluding tert-OH is 1. The van der Waals surface area contributed by atoms with Crippen LogP contribution in [0.1, 0.15) is 120 Å². The van der Waals surface area contributed by atoms with Crippen molar-refractivity contribution in [2.24, 2.45) is 21.7 Å². The van der Waals surface area contributed by atoms with Crippen LogP contribution in [0.3, 0.4) is 0 Å². The Bertz CT molecular complexity index is 2140. The van der Waals surface area contributed by atoms with Crippen molar-refractivity contribution in [3.8, 4) is 22.9 Å². The van der Waals surface area contributed by atoms with E-state index in [1.807, 2.05) is 47.7 Å². The second-order valence-corrected chi connectivity index (χ2v) is 17.7. The molecule has 1 aliphatic heterocycles. The molecule has 1 N–H and O–H groups in total. The second kappa shape index (κ2) is 16.0. The van der Waals surface area contributed by atoms with Crippen molar-refractivity contribution in [2.75, 3.05) is 0 Å². The van der Waals surface area contributed by atoms with Crippen molar-refractivity contribution in [3.05, 3.63) is 83.8 Å². The zero-order valence-electron chi connectivity index (χ0n) is 34.0. The number of carbonyl (C=O) groups is 1. The van der Waals surface area contributed by atoms with Crippen LogP contribution in [0, 0.1) is 27.7 Å². The average molecular weight is 892 g/mol. The SMILES string of the molecule is CC(C)(C)Cc1c2c([c-]c3ccccc13)-c1nccc3c1c(nc1c(CC(C)(C)C)cccc13)O2.CCC(C)(CC)C(=O)/C=C(\O)C(C)(CC)CC.[Ir]. The molecule has 1 radical (unpaired) electrons. The molecule has 6 heteroatoms. The van der Waals surface area contributed by atoms with E-state index >= 15 is 0 Å². The summed E-state index contributed by atoms with van der Waals surface area (Å²) >= 11 is 0. The quantitative estimate of drug-likeness (QED) is 0.0677. The number of aromatic nitrogens is 2. The summed E-state index contributed by atoms with van der Waals surface area (Å²) in [6.07, 6.45) is 8.51. The summed E-state index contributed by atoms with van der Waals surface area (Å²) in [5.74, 6) is 1.79. The number of carbonyl (C=O) groups excluding carboxylic acids is 1. The van der Waals surface area contributed by atoms with Gasteiger partial charge in [-0.05, 0) is 66.4 Å². The molecule has 5 aromatic rings. The van der Waals surface area contributed by atoms with Crippen LogP contribution in [0.25, 0.3) is 43.7 Å². The van der Waals surface area contributed by atoms with Crippen LogP contribution >= 0.6 is 0 Å². The molecule has 2 aromatic heterocycles. The Morgan fingerprint density at radius 1 is 0.774 bits per heavy atom. The fourth-order valence-electron chi connectivity index (χ4n) is 7.06. The van der Waals surface area contributed by atoms with E-state index in [2.05, 4.69) is 96.1 Å². The number of pyridine rings is 2. The molecule has 0 saturated carbocycles. The van der Waals surface area contributed by atoms with Gasteiger partial charge in [-0.2, -0.15) is 0 Å². The number of benzene rings is 3. The van der Waals surface area contributed by atoms with Crippen molar-refractivity contribution in [3.63, 3.8) is 0 Å². The van der Waals surface area contributed by atoms with Gasteiger partial charge in [-0.15, -0.1) is 17.5 Å². The third-order valence-electron chi connectivity index (χ3n) is 11.3. The summed E-state index contributed by atoms with van der Waals surface area (Å²) in [6.45, 7) is 25.7. The summed E-state index contributed by atoms with van der Waals surface area (Å²) in [7, 11) is 0. The van der Waals surface area contributed by atoms with Gasteiger partial charge in [-0.1, -0.05) is 136 Å². The third-order valence-corrected chi connectivity index (χ3v) is 11.3. The van der Waals surface area contributed by atoms with Crippen LogP contribution in [-0.2, 0) is 37.7 Å². The fourth-order valence-corrected chi connectivity index (χ4v) is 7.06. The van der Waals surface area contributed by atoms with Gasteiger partial charge in [0.15, 0.2) is 5.78 Å². The number of aliphatic hydroxyl groups is 1. The molecule has 0 spiro atoms. The molecule has 3 heterocycles. The van der Waals surface area contributed by atoms with Crippen LogP contribution < -0.4 is 4.74 Å². The van der Waals surface area contributed by atoms with E-state index in [1.165, 1.54) is 22.6 Å². The number of nitrogens with zero attached hydrogens (tertiary/aromatic N) is 2. The zero-order valence-corrected chi connectivity index (χ0v) is 36.4. The molecule has 0 bridgehead atoms. The summed E-state index contributed by atoms with van der Waals surface area (Å²) in [5.41, 5.74) is 4.98. The Balaban J connectivity index is 0.000000299. The smallest absolute Gasteiger partial charge is 0.214 e. The van der Waals surface area contributed by atoms with Gasteiger partial charge in [-0.25, -0.2) is 4.98 Å². The third kappa shape index (κ3) is 8.71. The molecule has 0 aliphatic carbocycles. The number of hydrogen-bond donors (Lipinski definition) is 1. The molecule has 285 valence electrons. The van der Waals surface area contributed by atoms with Gasteiger partial charge in [0.25, 0.3) is 0 Å². The van der Waals surface area contributed by atoms with Crippen LogP contribution in [0.2, 0.25) is 0 Å². The Morgan fingerprint density at radius 3 is 1.98 bits per heavy atom. The minimum Gasteiger partial charge on any atom is -0.512 e. The molecule has 53 heavy (non-hydrogen) atoms. The normalized spacial score (nSPS) is 13.2. The maximum atomic E-state index is 12.2. The predicted octanol–water partition coefficient (Wildman–Crippen LogP) is 13.3. The number of fused-ring (bicyclic) bond motifs is 5. The molecule has 5 nitrogen and oxygen atoms in total. The fraction of sp³-hybridized carbons (Fsp3) is 0.468. The van der Waals surface area contributed by atoms with Crippen LogP contribution in [0.4, 0.5) is 0 Å². The number of hydrogen-bond acceptors (Lipinski definition) is 5. The molecule has 3 aromatic carbocycles. The van der Waals surface area contributed by atoms with Crippen molar-refractivity contribution in [2.45, 2.75) is 122 Å². The van der Waals surface area contributed by atoms with Gasteiger partial charge in [0.2, 0.25) is 5.88 Å². The van der Waals surface area contributed by atoms with E-state index < -0.39 is 0 Å². The van der Waals surface area contributed by atoms with Crippen molar-refractivity contribution < 1.29 is 34.7 Å². The molecule has 6 rings (SSSR count). The van der Waals surface area contributed by atoms with Gasteiger partial charge in [0, 0.05) is 59.7 Å². The van der Waals surface area contributed by atoms with E-state index in [9.17, 15) is 9.90 Å². The topological polar surface area (TPSA) is 72.3 Å². The first-order chi connectivity index (χ1) is 24.4. The zero-order chi connectivity index (χ0) is 38.2. The van der Waals surface area contributed by atoms with E-state index in [4.69, 9.17) is 14.7 Å². The molecular formula is C47H59IrN2O3-. The Labute approximate surface area is 331 Å². The predicted molar refractivity (Wildman–Crippen MR) is 218 cm³/mol. The number of rotatable bonds is 9. The van der Waals surface area contributed by atoms with Crippen molar-refractivity contribution in [1.29, 1.82) is 0 Å². The standard InChI is InChI=1S/C32H31N2O.C15H28O2.Ir/c1-31(2,3)17-20-11-9-13-23-22-14-15-33-28-24-16-19-10-7-8-12-21(19)25(18-32(4,5)6)29(24)35-30(26(22)28)34-27(20)23;1-7-14(5,8-2)12(16)11-13(17)15(6,9-3)10-4;/h7-15H,17-18H2,1-6H3;11,16H,7-10H2,1-6H3;/q-1;;/b;12-11-;. The average Bonchev–Trinajstić information content (AvgIpc) is 3.10. The Hall–Kier alpha value is -3.60. The largest absolute Gasteiger partial charge is 0.512 e. The summed E-state index contributed by atoms with van der Waals surface area (Å²) in [4.78, 5) is 22.2. The number of allylic oxidation sites excluding steroid dienone is 2. The van der Waals surface area contributed by atoms with Crippen molar-refractivity contribution in [1.82, 2.24) is 9.97 Å². The van der Waals surface area contributed by atoms with Crippen LogP contribution in [0.5, 0.6) is 11.6 Å².